The summed E-state index contributed by atoms with van der Waals surface area (Å²) >= 11 is 0. The second-order valence-corrected chi connectivity index (χ2v) is 6.62. The summed E-state index contributed by atoms with van der Waals surface area (Å²) in [4.78, 5) is 6.61. The molecule has 0 unspecified atom stereocenters. The molecule has 5 nitrogen and oxygen atoms in total. The van der Waals surface area contributed by atoms with E-state index >= 15 is 0 Å². The van der Waals surface area contributed by atoms with E-state index in [0.717, 1.165) is 46.8 Å². The molecule has 5 heteroatoms. The molecule has 0 fully saturated rings. The van der Waals surface area contributed by atoms with Gasteiger partial charge in [0.15, 0.2) is 0 Å². The van der Waals surface area contributed by atoms with Crippen LogP contribution in [0.1, 0.15) is 17.0 Å². The molecule has 3 heterocycles. The highest BCUT2D eigenvalue weighted by Crippen LogP contribution is 2.35. The number of nitriles is 1. The molecule has 0 amide bonds. The van der Waals surface area contributed by atoms with E-state index in [2.05, 4.69) is 51.4 Å². The maximum atomic E-state index is 9.12. The average molecular weight is 352 g/mol. The number of benzene rings is 2. The molecule has 0 spiro atoms. The Balaban J connectivity index is 1.58. The van der Waals surface area contributed by atoms with E-state index in [1.165, 1.54) is 5.39 Å². The Morgan fingerprint density at radius 3 is 2.78 bits per heavy atom. The van der Waals surface area contributed by atoms with Gasteiger partial charge in [-0.05, 0) is 22.9 Å². The van der Waals surface area contributed by atoms with Crippen molar-refractivity contribution in [3.8, 4) is 17.3 Å². The van der Waals surface area contributed by atoms with Gasteiger partial charge in [-0.25, -0.2) is 4.98 Å². The smallest absolute Gasteiger partial charge is 0.144 e. The standard InChI is InChI=1S/C22H16N4O/c23-13-16-7-4-10-21(24-16)26-12-11-20-19(14-26)22(25-27-20)18-9-3-6-15-5-1-2-8-17(15)18/h1-10H,11-12,14H2. The highest BCUT2D eigenvalue weighted by atomic mass is 16.5. The van der Waals surface area contributed by atoms with E-state index in [-0.39, 0.29) is 0 Å². The minimum atomic E-state index is 0.429. The van der Waals surface area contributed by atoms with Gasteiger partial charge in [0.2, 0.25) is 0 Å². The Hall–Kier alpha value is -3.65. The molecule has 27 heavy (non-hydrogen) atoms. The minimum absolute atomic E-state index is 0.429. The van der Waals surface area contributed by atoms with Crippen LogP contribution in [0, 0.1) is 11.3 Å². The third kappa shape index (κ3) is 2.63. The van der Waals surface area contributed by atoms with Crippen LogP contribution in [0.4, 0.5) is 5.82 Å². The molecule has 0 N–H and O–H groups in total. The topological polar surface area (TPSA) is 66.0 Å². The molecule has 0 bridgehead atoms. The summed E-state index contributed by atoms with van der Waals surface area (Å²) in [6.07, 6.45) is 0.769. The Labute approximate surface area is 156 Å². The highest BCUT2D eigenvalue weighted by Gasteiger charge is 2.26. The lowest BCUT2D eigenvalue weighted by molar-refractivity contribution is 0.379. The summed E-state index contributed by atoms with van der Waals surface area (Å²) in [5.74, 6) is 1.75. The molecule has 0 atom stereocenters. The lowest BCUT2D eigenvalue weighted by Gasteiger charge is -2.27. The van der Waals surface area contributed by atoms with Crippen molar-refractivity contribution in [2.24, 2.45) is 0 Å². The molecule has 1 aliphatic heterocycles. The van der Waals surface area contributed by atoms with Crippen molar-refractivity contribution in [2.45, 2.75) is 13.0 Å². The fourth-order valence-corrected chi connectivity index (χ4v) is 3.71. The van der Waals surface area contributed by atoms with Gasteiger partial charge in [-0.3, -0.25) is 0 Å². The molecule has 130 valence electrons. The van der Waals surface area contributed by atoms with Crippen LogP contribution in [0.3, 0.4) is 0 Å². The van der Waals surface area contributed by atoms with Crippen LogP contribution in [0.5, 0.6) is 0 Å². The van der Waals surface area contributed by atoms with E-state index in [1.54, 1.807) is 6.07 Å². The van der Waals surface area contributed by atoms with Crippen LogP contribution >= 0.6 is 0 Å². The molecular weight excluding hydrogens is 336 g/mol. The summed E-state index contributed by atoms with van der Waals surface area (Å²) in [6, 6.07) is 22.2. The zero-order valence-electron chi connectivity index (χ0n) is 14.6. The maximum Gasteiger partial charge on any atom is 0.144 e. The monoisotopic (exact) mass is 352 g/mol. The van der Waals surface area contributed by atoms with Crippen LogP contribution in [-0.4, -0.2) is 16.7 Å². The Morgan fingerprint density at radius 1 is 1.00 bits per heavy atom. The largest absolute Gasteiger partial charge is 0.360 e. The number of hydrogen-bond acceptors (Lipinski definition) is 5. The Bertz CT molecular complexity index is 1180. The Morgan fingerprint density at radius 2 is 1.85 bits per heavy atom. The second-order valence-electron chi connectivity index (χ2n) is 6.62. The molecule has 0 aliphatic carbocycles. The normalized spacial score (nSPS) is 13.4. The van der Waals surface area contributed by atoms with Crippen molar-refractivity contribution in [1.82, 2.24) is 10.1 Å². The minimum Gasteiger partial charge on any atom is -0.360 e. The zero-order chi connectivity index (χ0) is 18.2. The van der Waals surface area contributed by atoms with Crippen LogP contribution in [0.2, 0.25) is 0 Å². The lowest BCUT2D eigenvalue weighted by Crippen LogP contribution is -2.30. The van der Waals surface area contributed by atoms with Crippen LogP contribution < -0.4 is 4.90 Å². The number of aromatic nitrogens is 2. The first-order valence-corrected chi connectivity index (χ1v) is 8.91. The molecule has 4 aromatic rings. The Kier molecular flexibility index (Phi) is 3.61. The first kappa shape index (κ1) is 15.6. The van der Waals surface area contributed by atoms with Crippen LogP contribution in [0.25, 0.3) is 22.0 Å². The predicted molar refractivity (Wildman–Crippen MR) is 103 cm³/mol. The number of rotatable bonds is 2. The molecule has 0 saturated carbocycles. The third-order valence-corrected chi connectivity index (χ3v) is 5.05. The first-order chi connectivity index (χ1) is 13.3. The highest BCUT2D eigenvalue weighted by molar-refractivity contribution is 5.96. The first-order valence-electron chi connectivity index (χ1n) is 8.91. The van der Waals surface area contributed by atoms with Crippen molar-refractivity contribution in [3.05, 3.63) is 77.7 Å². The summed E-state index contributed by atoms with van der Waals surface area (Å²) in [6.45, 7) is 1.46. The molecule has 0 saturated heterocycles. The van der Waals surface area contributed by atoms with E-state index in [0.29, 0.717) is 12.2 Å². The van der Waals surface area contributed by atoms with Crippen molar-refractivity contribution in [1.29, 1.82) is 5.26 Å². The molecular formula is C22H16N4O. The summed E-state index contributed by atoms with van der Waals surface area (Å²) in [7, 11) is 0. The zero-order valence-corrected chi connectivity index (χ0v) is 14.6. The van der Waals surface area contributed by atoms with Crippen molar-refractivity contribution in [3.63, 3.8) is 0 Å². The van der Waals surface area contributed by atoms with E-state index in [4.69, 9.17) is 9.78 Å². The quantitative estimate of drug-likeness (QED) is 0.537. The van der Waals surface area contributed by atoms with Crippen molar-refractivity contribution >= 4 is 16.6 Å². The SMILES string of the molecule is N#Cc1cccc(N2CCc3onc(-c4cccc5ccccc45)c3C2)n1. The van der Waals surface area contributed by atoms with Gasteiger partial charge < -0.3 is 9.42 Å². The lowest BCUT2D eigenvalue weighted by atomic mass is 9.97. The van der Waals surface area contributed by atoms with Crippen LogP contribution in [0.15, 0.2) is 65.2 Å². The summed E-state index contributed by atoms with van der Waals surface area (Å²) < 4.78 is 5.67. The number of hydrogen-bond donors (Lipinski definition) is 0. The number of pyridine rings is 1. The van der Waals surface area contributed by atoms with Gasteiger partial charge in [0.05, 0.1) is 6.54 Å². The van der Waals surface area contributed by atoms with E-state index < -0.39 is 0 Å². The fourth-order valence-electron chi connectivity index (χ4n) is 3.71. The van der Waals surface area contributed by atoms with Crippen LogP contribution in [-0.2, 0) is 13.0 Å². The molecule has 0 radical (unpaired) electrons. The van der Waals surface area contributed by atoms with Gasteiger partial charge in [-0.1, -0.05) is 53.7 Å². The van der Waals surface area contributed by atoms with Gasteiger partial charge in [0, 0.05) is 24.1 Å². The molecule has 5 rings (SSSR count). The van der Waals surface area contributed by atoms with Crippen molar-refractivity contribution in [2.75, 3.05) is 11.4 Å². The third-order valence-electron chi connectivity index (χ3n) is 5.05. The average Bonchev–Trinajstić information content (AvgIpc) is 3.16. The summed E-state index contributed by atoms with van der Waals surface area (Å²) in [5, 5.41) is 15.9. The molecule has 2 aromatic carbocycles. The number of nitrogens with zero attached hydrogens (tertiary/aromatic N) is 4. The maximum absolute atomic E-state index is 9.12. The molecule has 1 aliphatic rings. The van der Waals surface area contributed by atoms with Gasteiger partial charge in [0.25, 0.3) is 0 Å². The van der Waals surface area contributed by atoms with E-state index in [9.17, 15) is 0 Å². The van der Waals surface area contributed by atoms with E-state index in [1.807, 2.05) is 24.3 Å². The fraction of sp³-hybridized carbons (Fsp3) is 0.136. The van der Waals surface area contributed by atoms with Gasteiger partial charge in [-0.2, -0.15) is 5.26 Å². The van der Waals surface area contributed by atoms with Gasteiger partial charge in [0.1, 0.15) is 29.0 Å². The number of anilines is 1. The van der Waals surface area contributed by atoms with Crippen molar-refractivity contribution < 1.29 is 4.52 Å². The second kappa shape index (κ2) is 6.26. The van der Waals surface area contributed by atoms with Gasteiger partial charge in [-0.15, -0.1) is 0 Å². The van der Waals surface area contributed by atoms with Gasteiger partial charge >= 0.3 is 0 Å². The number of fused-ring (bicyclic) bond motifs is 2. The molecule has 2 aromatic heterocycles. The summed E-state index contributed by atoms with van der Waals surface area (Å²) in [5.41, 5.74) is 3.50. The predicted octanol–water partition coefficient (Wildman–Crippen LogP) is 4.32.